The number of para-hydroxylation sites is 1. The van der Waals surface area contributed by atoms with E-state index in [9.17, 15) is 9.18 Å². The van der Waals surface area contributed by atoms with Crippen LogP contribution in [-0.4, -0.2) is 45.4 Å². The van der Waals surface area contributed by atoms with Gasteiger partial charge in [0, 0.05) is 16.9 Å². The lowest BCUT2D eigenvalue weighted by Crippen LogP contribution is -2.21. The van der Waals surface area contributed by atoms with Crippen molar-refractivity contribution in [2.75, 3.05) is 25.2 Å². The molecule has 4 aromatic rings. The SMILES string of the molecule is CC(c1nnc(SCC(=O)Nc2ccccc2-c2ccccc2)n1-c1ccc(F)cc1)N(C)C. The maximum absolute atomic E-state index is 13.5. The highest BCUT2D eigenvalue weighted by Gasteiger charge is 2.21. The van der Waals surface area contributed by atoms with E-state index in [-0.39, 0.29) is 23.5 Å². The summed E-state index contributed by atoms with van der Waals surface area (Å²) < 4.78 is 15.4. The molecule has 4 rings (SSSR count). The standard InChI is InChI=1S/C26H26FN5OS/c1-18(31(2)3)25-29-30-26(32(25)21-15-13-20(27)14-16-21)34-17-24(33)28-23-12-8-7-11-22(23)19-9-5-4-6-10-19/h4-16,18H,17H2,1-3H3,(H,28,33). The van der Waals surface area contributed by atoms with Gasteiger partial charge in [0.25, 0.3) is 0 Å². The molecule has 6 nitrogen and oxygen atoms in total. The molecule has 0 spiro atoms. The van der Waals surface area contributed by atoms with E-state index >= 15 is 0 Å². The Morgan fingerprint density at radius 1 is 1.00 bits per heavy atom. The Labute approximate surface area is 202 Å². The summed E-state index contributed by atoms with van der Waals surface area (Å²) in [6, 6.07) is 23.8. The van der Waals surface area contributed by atoms with Gasteiger partial charge in [-0.05, 0) is 56.9 Å². The maximum atomic E-state index is 13.5. The molecule has 1 unspecified atom stereocenters. The number of hydrogen-bond acceptors (Lipinski definition) is 5. The molecule has 1 aromatic heterocycles. The van der Waals surface area contributed by atoms with Crippen molar-refractivity contribution in [2.45, 2.75) is 18.1 Å². The lowest BCUT2D eigenvalue weighted by molar-refractivity contribution is -0.113. The van der Waals surface area contributed by atoms with Crippen molar-refractivity contribution in [3.8, 4) is 16.8 Å². The molecule has 174 valence electrons. The van der Waals surface area contributed by atoms with Crippen molar-refractivity contribution < 1.29 is 9.18 Å². The molecule has 0 bridgehead atoms. The van der Waals surface area contributed by atoms with Crippen LogP contribution in [0.25, 0.3) is 16.8 Å². The second-order valence-corrected chi connectivity index (χ2v) is 8.98. The highest BCUT2D eigenvalue weighted by Crippen LogP contribution is 2.29. The largest absolute Gasteiger partial charge is 0.325 e. The second kappa shape index (κ2) is 10.6. The summed E-state index contributed by atoms with van der Waals surface area (Å²) in [5.41, 5.74) is 3.48. The van der Waals surface area contributed by atoms with Crippen LogP contribution in [0.5, 0.6) is 0 Å². The Kier molecular flexibility index (Phi) is 7.40. The van der Waals surface area contributed by atoms with Gasteiger partial charge in [-0.3, -0.25) is 14.3 Å². The highest BCUT2D eigenvalue weighted by molar-refractivity contribution is 7.99. The van der Waals surface area contributed by atoms with Crippen molar-refractivity contribution in [3.63, 3.8) is 0 Å². The molecule has 8 heteroatoms. The van der Waals surface area contributed by atoms with E-state index in [0.29, 0.717) is 11.0 Å². The van der Waals surface area contributed by atoms with E-state index in [1.54, 1.807) is 12.1 Å². The smallest absolute Gasteiger partial charge is 0.234 e. The minimum atomic E-state index is -0.315. The molecular formula is C26H26FN5OS. The van der Waals surface area contributed by atoms with Gasteiger partial charge in [-0.25, -0.2) is 4.39 Å². The van der Waals surface area contributed by atoms with Gasteiger partial charge in [0.05, 0.1) is 11.8 Å². The zero-order valence-electron chi connectivity index (χ0n) is 19.3. The predicted octanol–water partition coefficient (Wildman–Crippen LogP) is 5.43. The van der Waals surface area contributed by atoms with Gasteiger partial charge in [-0.2, -0.15) is 0 Å². The molecule has 0 fully saturated rings. The van der Waals surface area contributed by atoms with Crippen LogP contribution in [0.2, 0.25) is 0 Å². The first-order chi connectivity index (χ1) is 16.4. The van der Waals surface area contributed by atoms with E-state index in [1.807, 2.05) is 85.1 Å². The fraction of sp³-hybridized carbons (Fsp3) is 0.192. The Bertz CT molecular complexity index is 1260. The Hall–Kier alpha value is -3.49. The number of aromatic nitrogens is 3. The number of halogens is 1. The number of thioether (sulfide) groups is 1. The number of carbonyl (C=O) groups is 1. The number of rotatable bonds is 8. The normalized spacial score (nSPS) is 12.0. The van der Waals surface area contributed by atoms with Crippen LogP contribution in [0, 0.1) is 5.82 Å². The Balaban J connectivity index is 1.54. The molecule has 0 saturated heterocycles. The van der Waals surface area contributed by atoms with Crippen molar-refractivity contribution >= 4 is 23.4 Å². The third-order valence-electron chi connectivity index (χ3n) is 5.51. The van der Waals surface area contributed by atoms with E-state index < -0.39 is 0 Å². The fourth-order valence-electron chi connectivity index (χ4n) is 3.49. The van der Waals surface area contributed by atoms with Crippen LogP contribution in [0.15, 0.2) is 84.0 Å². The van der Waals surface area contributed by atoms with E-state index in [4.69, 9.17) is 0 Å². The van der Waals surface area contributed by atoms with Gasteiger partial charge >= 0.3 is 0 Å². The number of nitrogens with zero attached hydrogens (tertiary/aromatic N) is 4. The monoisotopic (exact) mass is 475 g/mol. The summed E-state index contributed by atoms with van der Waals surface area (Å²) in [4.78, 5) is 14.9. The van der Waals surface area contributed by atoms with Crippen molar-refractivity contribution in [2.24, 2.45) is 0 Å². The molecular weight excluding hydrogens is 449 g/mol. The van der Waals surface area contributed by atoms with E-state index in [0.717, 1.165) is 22.5 Å². The number of amides is 1. The Morgan fingerprint density at radius 2 is 1.68 bits per heavy atom. The molecule has 0 radical (unpaired) electrons. The third-order valence-corrected chi connectivity index (χ3v) is 6.44. The number of hydrogen-bond donors (Lipinski definition) is 1. The van der Waals surface area contributed by atoms with Gasteiger partial charge in [0.15, 0.2) is 11.0 Å². The number of anilines is 1. The highest BCUT2D eigenvalue weighted by atomic mass is 32.2. The second-order valence-electron chi connectivity index (χ2n) is 8.04. The van der Waals surface area contributed by atoms with Crippen LogP contribution in [0.4, 0.5) is 10.1 Å². The zero-order valence-corrected chi connectivity index (χ0v) is 20.1. The molecule has 1 atom stereocenters. The molecule has 34 heavy (non-hydrogen) atoms. The summed E-state index contributed by atoms with van der Waals surface area (Å²) >= 11 is 1.29. The zero-order chi connectivity index (χ0) is 24.1. The van der Waals surface area contributed by atoms with Crippen molar-refractivity contribution in [3.05, 3.63) is 90.5 Å². The topological polar surface area (TPSA) is 63.1 Å². The first kappa shape index (κ1) is 23.7. The fourth-order valence-corrected chi connectivity index (χ4v) is 4.25. The number of carbonyl (C=O) groups excluding carboxylic acids is 1. The first-order valence-corrected chi connectivity index (χ1v) is 11.9. The van der Waals surface area contributed by atoms with Crippen LogP contribution < -0.4 is 5.32 Å². The minimum Gasteiger partial charge on any atom is -0.325 e. The summed E-state index contributed by atoms with van der Waals surface area (Å²) in [5.74, 6) is 0.404. The first-order valence-electron chi connectivity index (χ1n) is 10.9. The van der Waals surface area contributed by atoms with Gasteiger partial charge in [0.1, 0.15) is 5.82 Å². The molecule has 3 aromatic carbocycles. The minimum absolute atomic E-state index is 0.0292. The van der Waals surface area contributed by atoms with Crippen LogP contribution in [0.1, 0.15) is 18.8 Å². The van der Waals surface area contributed by atoms with Crippen molar-refractivity contribution in [1.29, 1.82) is 0 Å². The lowest BCUT2D eigenvalue weighted by atomic mass is 10.0. The van der Waals surface area contributed by atoms with Gasteiger partial charge in [-0.15, -0.1) is 10.2 Å². The maximum Gasteiger partial charge on any atom is 0.234 e. The molecule has 0 aliphatic carbocycles. The van der Waals surface area contributed by atoms with Crippen molar-refractivity contribution in [1.82, 2.24) is 19.7 Å². The molecule has 1 heterocycles. The average molecular weight is 476 g/mol. The molecule has 0 aliphatic heterocycles. The summed E-state index contributed by atoms with van der Waals surface area (Å²) in [5, 5.41) is 12.3. The molecule has 1 amide bonds. The Morgan fingerprint density at radius 3 is 2.38 bits per heavy atom. The van der Waals surface area contributed by atoms with Crippen LogP contribution >= 0.6 is 11.8 Å². The van der Waals surface area contributed by atoms with Gasteiger partial charge in [0.2, 0.25) is 5.91 Å². The van der Waals surface area contributed by atoms with E-state index in [1.165, 1.54) is 23.9 Å². The van der Waals surface area contributed by atoms with Gasteiger partial charge in [-0.1, -0.05) is 60.3 Å². The summed E-state index contributed by atoms with van der Waals surface area (Å²) in [6.45, 7) is 2.02. The molecule has 1 N–H and O–H groups in total. The van der Waals surface area contributed by atoms with Crippen LogP contribution in [-0.2, 0) is 4.79 Å². The van der Waals surface area contributed by atoms with Gasteiger partial charge < -0.3 is 5.32 Å². The van der Waals surface area contributed by atoms with Crippen LogP contribution in [0.3, 0.4) is 0 Å². The summed E-state index contributed by atoms with van der Waals surface area (Å²) in [7, 11) is 3.91. The van der Waals surface area contributed by atoms with E-state index in [2.05, 4.69) is 15.5 Å². The lowest BCUT2D eigenvalue weighted by Gasteiger charge is -2.20. The number of benzene rings is 3. The molecule has 0 aliphatic rings. The number of nitrogens with one attached hydrogen (secondary N) is 1. The quantitative estimate of drug-likeness (QED) is 0.345. The molecule has 0 saturated carbocycles. The average Bonchev–Trinajstić information content (AvgIpc) is 3.27. The predicted molar refractivity (Wildman–Crippen MR) is 135 cm³/mol. The summed E-state index contributed by atoms with van der Waals surface area (Å²) in [6.07, 6.45) is 0. The third kappa shape index (κ3) is 5.35.